The summed E-state index contributed by atoms with van der Waals surface area (Å²) in [5.41, 5.74) is 12.1. The zero-order valence-electron chi connectivity index (χ0n) is 76.3. The number of aliphatic hydroxyl groups is 4. The Hall–Kier alpha value is -14.4. The van der Waals surface area contributed by atoms with Gasteiger partial charge in [-0.05, 0) is 132 Å². The largest absolute Gasteiger partial charge is 0.489 e. The summed E-state index contributed by atoms with van der Waals surface area (Å²) < 4.78 is 49.4. The monoisotopic (exact) mass is 1780 g/mol. The van der Waals surface area contributed by atoms with Gasteiger partial charge in [-0.2, -0.15) is 0 Å². The third-order valence-corrected chi connectivity index (χ3v) is 23.6. The molecule has 18 aromatic rings. The number of hydrogen-bond acceptors (Lipinski definition) is 18. The van der Waals surface area contributed by atoms with Crippen molar-refractivity contribution in [2.45, 2.75) is 151 Å². The van der Waals surface area contributed by atoms with Gasteiger partial charge in [0.05, 0.1) is 46.1 Å². The molecule has 0 aliphatic carbocycles. The normalized spacial score (nSPS) is 11.4. The topological polar surface area (TPSA) is 263 Å². The second-order valence-corrected chi connectivity index (χ2v) is 34.5. The first-order valence-electron chi connectivity index (χ1n) is 45.6. The van der Waals surface area contributed by atoms with Crippen LogP contribution in [0.15, 0.2) is 328 Å². The van der Waals surface area contributed by atoms with Gasteiger partial charge in [-0.15, -0.1) is 0 Å². The maximum absolute atomic E-state index is 13.2. The standard InChI is InChI=1S/2C30H26O4.C28H31NO4.C27H29NO4/c1-19(2)28-16-27(32)30-26(25-13-6-4-9-21(25)17-31)14-23(15-29(30)34-28)33-18-22-11-7-10-20-8-3-5-12-24(20)22;1-19(2)28-16-27(32)30-26(22-12-10-20(17-31)11-13-22)14-24(15-29(30)34-28)33-18-23-8-5-7-21-6-3-4-9-25(21)23;1-19(2)26-17-25(31)28-24(29-13-6-3-7-14-30)15-22(16-27(28)33-26)32-18-21-11-8-10-20-9-4-5-12-23(20)21;1-18(2)25-16-24(30)27-23(28-12-5-6-13-29)14-21(15-26(27)32-25)31-17-20-10-7-9-19-8-3-4-11-22(19)20/h2*3-16,19,31H,17-18H2,1-2H3;4-5,8-12,15-17,19,29-30H,3,6-7,13-14,18H2,1-2H3;3-4,7-11,14-16,18,28-29H,5-6,12-13,17H2,1-2H3. The summed E-state index contributed by atoms with van der Waals surface area (Å²) >= 11 is 0. The van der Waals surface area contributed by atoms with Crippen LogP contribution in [0, 0.1) is 0 Å². The van der Waals surface area contributed by atoms with E-state index in [0.29, 0.717) is 153 Å². The number of nitrogens with one attached hydrogen (secondary N) is 2. The number of benzene rings is 14. The van der Waals surface area contributed by atoms with E-state index in [1.54, 1.807) is 42.5 Å². The van der Waals surface area contributed by atoms with Gasteiger partial charge >= 0.3 is 0 Å². The van der Waals surface area contributed by atoms with E-state index in [9.17, 15) is 29.4 Å². The van der Waals surface area contributed by atoms with Crippen LogP contribution in [0.5, 0.6) is 23.0 Å². The molecule has 4 heterocycles. The Balaban J connectivity index is 0.000000135. The number of hydrogen-bond donors (Lipinski definition) is 6. The highest BCUT2D eigenvalue weighted by Gasteiger charge is 2.23. The van der Waals surface area contributed by atoms with Gasteiger partial charge in [0.15, 0.2) is 21.7 Å². The van der Waals surface area contributed by atoms with Gasteiger partial charge in [0.1, 0.15) is 94.8 Å². The van der Waals surface area contributed by atoms with Gasteiger partial charge in [-0.25, -0.2) is 0 Å². The summed E-state index contributed by atoms with van der Waals surface area (Å²) in [5, 5.41) is 55.5. The lowest BCUT2D eigenvalue weighted by Gasteiger charge is -2.15. The zero-order chi connectivity index (χ0) is 93.0. The van der Waals surface area contributed by atoms with Gasteiger partial charge in [-0.3, -0.25) is 19.2 Å². The van der Waals surface area contributed by atoms with E-state index in [1.165, 1.54) is 16.2 Å². The number of rotatable bonds is 31. The quantitative estimate of drug-likeness (QED) is 0.0221. The van der Waals surface area contributed by atoms with E-state index >= 15 is 0 Å². The molecule has 0 fully saturated rings. The Labute approximate surface area is 772 Å². The summed E-state index contributed by atoms with van der Waals surface area (Å²) in [6, 6.07) is 93.7. The number of ether oxygens (including phenoxy) is 4. The van der Waals surface area contributed by atoms with E-state index in [-0.39, 0.29) is 71.8 Å². The lowest BCUT2D eigenvalue weighted by atomic mass is 9.95. The maximum atomic E-state index is 13.2. The Morgan fingerprint density at radius 1 is 0.278 bits per heavy atom. The number of anilines is 2. The van der Waals surface area contributed by atoms with Crippen LogP contribution in [0.1, 0.15) is 168 Å². The molecule has 0 atom stereocenters. The highest BCUT2D eigenvalue weighted by atomic mass is 16.5. The fraction of sp³-hybridized carbons (Fsp3) is 0.235. The molecule has 133 heavy (non-hydrogen) atoms. The van der Waals surface area contributed by atoms with Crippen LogP contribution in [0.4, 0.5) is 11.4 Å². The number of unbranched alkanes of at least 4 members (excludes halogenated alkanes) is 3. The molecule has 0 aliphatic rings. The molecule has 18 heteroatoms. The summed E-state index contributed by atoms with van der Waals surface area (Å²) in [6.45, 7) is 19.1. The Morgan fingerprint density at radius 2 is 0.579 bits per heavy atom. The van der Waals surface area contributed by atoms with Gasteiger partial charge in [0.2, 0.25) is 0 Å². The van der Waals surface area contributed by atoms with Crippen LogP contribution in [0.2, 0.25) is 0 Å². The average Bonchev–Trinajstić information content (AvgIpc) is 0.758. The van der Waals surface area contributed by atoms with Gasteiger partial charge in [-0.1, -0.05) is 274 Å². The molecule has 0 unspecified atom stereocenters. The molecule has 0 bridgehead atoms. The van der Waals surface area contributed by atoms with Crippen molar-refractivity contribution in [3.8, 4) is 45.3 Å². The molecule has 0 amide bonds. The highest BCUT2D eigenvalue weighted by molar-refractivity contribution is 5.98. The lowest BCUT2D eigenvalue weighted by Crippen LogP contribution is -2.10. The van der Waals surface area contributed by atoms with E-state index in [4.69, 9.17) is 46.8 Å². The van der Waals surface area contributed by atoms with Crippen molar-refractivity contribution >= 4 is 98.3 Å². The molecule has 678 valence electrons. The van der Waals surface area contributed by atoms with Crippen LogP contribution in [0.25, 0.3) is 109 Å². The molecule has 0 radical (unpaired) electrons. The van der Waals surface area contributed by atoms with Crippen LogP contribution < -0.4 is 51.3 Å². The molecular weight excluding hydrogens is 1670 g/mol. The minimum Gasteiger partial charge on any atom is -0.489 e. The summed E-state index contributed by atoms with van der Waals surface area (Å²) in [4.78, 5) is 52.1. The van der Waals surface area contributed by atoms with Crippen molar-refractivity contribution in [1.82, 2.24) is 0 Å². The number of aliphatic hydroxyl groups excluding tert-OH is 4. The van der Waals surface area contributed by atoms with E-state index in [0.717, 1.165) is 103 Å². The Kier molecular flexibility index (Phi) is 30.9. The van der Waals surface area contributed by atoms with E-state index in [1.807, 2.05) is 207 Å². The smallest absolute Gasteiger partial charge is 0.195 e. The second-order valence-electron chi connectivity index (χ2n) is 34.5. The third kappa shape index (κ3) is 22.6. The van der Waals surface area contributed by atoms with E-state index < -0.39 is 0 Å². The highest BCUT2D eigenvalue weighted by Crippen LogP contribution is 2.40. The first-order chi connectivity index (χ1) is 64.7. The Bertz CT molecular complexity index is 7370. The van der Waals surface area contributed by atoms with Gasteiger partial charge < -0.3 is 67.7 Å². The zero-order valence-corrected chi connectivity index (χ0v) is 76.3. The molecule has 0 spiro atoms. The van der Waals surface area contributed by atoms with Crippen LogP contribution >= 0.6 is 0 Å². The molecule has 0 aliphatic heterocycles. The molecular formula is C115H112N2O16. The molecule has 0 saturated carbocycles. The van der Waals surface area contributed by atoms with Crippen molar-refractivity contribution in [2.24, 2.45) is 0 Å². The van der Waals surface area contributed by atoms with Gasteiger partial charge in [0, 0.05) is 122 Å². The van der Waals surface area contributed by atoms with E-state index in [2.05, 4.69) is 108 Å². The van der Waals surface area contributed by atoms with Crippen LogP contribution in [0.3, 0.4) is 0 Å². The predicted octanol–water partition coefficient (Wildman–Crippen LogP) is 25.7. The molecule has 18 rings (SSSR count). The molecule has 18 nitrogen and oxygen atoms in total. The average molecular weight is 1780 g/mol. The lowest BCUT2D eigenvalue weighted by molar-refractivity contribution is 0.282. The SMILES string of the molecule is CC(C)c1cc(=O)c2c(-c3ccc(CO)cc3)cc(OCc3cccc4ccccc34)cc2o1.CC(C)c1cc(=O)c2c(-c3ccccc3CO)cc(OCc3cccc4ccccc34)cc2o1.CC(C)c1cc(=O)c2c(NCCCCCO)cc(OCc3cccc4ccccc34)cc2o1.CC(C)c1cc(=O)c2c(NCCCCO)cc(OCc3cccc4ccccc34)cc2o1. The minimum atomic E-state index is -0.131. The van der Waals surface area contributed by atoms with Crippen molar-refractivity contribution in [1.29, 1.82) is 0 Å². The van der Waals surface area contributed by atoms with Crippen LogP contribution in [-0.4, -0.2) is 46.7 Å². The first-order valence-corrected chi connectivity index (χ1v) is 45.6. The second kappa shape index (κ2) is 44.0. The minimum absolute atomic E-state index is 0.0326. The fourth-order valence-electron chi connectivity index (χ4n) is 16.4. The fourth-order valence-corrected chi connectivity index (χ4v) is 16.4. The molecule has 6 N–H and O–H groups in total. The molecule has 0 saturated heterocycles. The number of fused-ring (bicyclic) bond motifs is 8. The maximum Gasteiger partial charge on any atom is 0.195 e. The van der Waals surface area contributed by atoms with Crippen molar-refractivity contribution in [2.75, 3.05) is 36.9 Å². The molecule has 4 aromatic heterocycles. The van der Waals surface area contributed by atoms with Crippen molar-refractivity contribution in [3.05, 3.63) is 389 Å². The summed E-state index contributed by atoms with van der Waals surface area (Å²) in [7, 11) is 0. The first kappa shape index (κ1) is 93.3. The summed E-state index contributed by atoms with van der Waals surface area (Å²) in [5.74, 6) is 5.48. The predicted molar refractivity (Wildman–Crippen MR) is 536 cm³/mol. The van der Waals surface area contributed by atoms with Crippen molar-refractivity contribution in [3.63, 3.8) is 0 Å². The van der Waals surface area contributed by atoms with Crippen molar-refractivity contribution < 1.29 is 57.0 Å². The molecule has 14 aromatic carbocycles. The Morgan fingerprint density at radius 3 is 0.940 bits per heavy atom. The third-order valence-electron chi connectivity index (χ3n) is 23.6. The van der Waals surface area contributed by atoms with Crippen LogP contribution in [-0.2, 0) is 39.6 Å². The van der Waals surface area contributed by atoms with Gasteiger partial charge in [0.25, 0.3) is 0 Å². The summed E-state index contributed by atoms with van der Waals surface area (Å²) in [6.07, 6.45) is 4.10.